The lowest BCUT2D eigenvalue weighted by atomic mass is 9.95. The third-order valence-corrected chi connectivity index (χ3v) is 6.76. The minimum absolute atomic E-state index is 0.00572. The van der Waals surface area contributed by atoms with Crippen molar-refractivity contribution in [2.75, 3.05) is 13.1 Å². The number of hydrogen-bond acceptors (Lipinski definition) is 3. The summed E-state index contributed by atoms with van der Waals surface area (Å²) < 4.78 is 1.88. The van der Waals surface area contributed by atoms with Crippen molar-refractivity contribution in [2.24, 2.45) is 0 Å². The molecule has 5 heteroatoms. The summed E-state index contributed by atoms with van der Waals surface area (Å²) in [4.78, 5) is 21.1. The van der Waals surface area contributed by atoms with Crippen molar-refractivity contribution in [3.63, 3.8) is 0 Å². The van der Waals surface area contributed by atoms with Gasteiger partial charge in [0.15, 0.2) is 0 Å². The number of aromatic nitrogens is 2. The lowest BCUT2D eigenvalue weighted by molar-refractivity contribution is 0.194. The molecule has 0 aliphatic carbocycles. The van der Waals surface area contributed by atoms with Crippen LogP contribution in [0.3, 0.4) is 0 Å². The Kier molecular flexibility index (Phi) is 6.30. The summed E-state index contributed by atoms with van der Waals surface area (Å²) in [7, 11) is 0. The molecule has 0 bridgehead atoms. The van der Waals surface area contributed by atoms with Gasteiger partial charge in [0.05, 0.1) is 17.4 Å². The number of halogens is 1. The fraction of sp³-hybridized carbons (Fsp3) is 0.286. The van der Waals surface area contributed by atoms with E-state index in [1.165, 1.54) is 11.1 Å². The first-order chi connectivity index (χ1) is 16.1. The second-order valence-corrected chi connectivity index (χ2v) is 9.50. The van der Waals surface area contributed by atoms with Gasteiger partial charge in [-0.2, -0.15) is 0 Å². The fourth-order valence-corrected chi connectivity index (χ4v) is 4.97. The monoisotopic (exact) mass is 457 g/mol. The van der Waals surface area contributed by atoms with Crippen LogP contribution in [-0.4, -0.2) is 27.5 Å². The first-order valence-corrected chi connectivity index (χ1v) is 12.0. The van der Waals surface area contributed by atoms with E-state index in [4.69, 9.17) is 16.6 Å². The van der Waals surface area contributed by atoms with Crippen molar-refractivity contribution >= 4 is 22.5 Å². The Morgan fingerprint density at radius 2 is 1.73 bits per heavy atom. The molecule has 1 atom stereocenters. The Balaban J connectivity index is 1.51. The molecule has 1 unspecified atom stereocenters. The predicted molar refractivity (Wildman–Crippen MR) is 135 cm³/mol. The van der Waals surface area contributed by atoms with Gasteiger partial charge in [-0.15, -0.1) is 0 Å². The van der Waals surface area contributed by atoms with Crippen LogP contribution >= 0.6 is 11.6 Å². The molecule has 3 aromatic carbocycles. The van der Waals surface area contributed by atoms with E-state index in [9.17, 15) is 4.79 Å². The topological polar surface area (TPSA) is 38.1 Å². The lowest BCUT2D eigenvalue weighted by Gasteiger charge is -2.33. The second kappa shape index (κ2) is 9.50. The predicted octanol–water partition coefficient (Wildman–Crippen LogP) is 5.79. The zero-order valence-corrected chi connectivity index (χ0v) is 19.6. The van der Waals surface area contributed by atoms with Crippen molar-refractivity contribution in [2.45, 2.75) is 38.8 Å². The minimum Gasteiger partial charge on any atom is -0.298 e. The van der Waals surface area contributed by atoms with Gasteiger partial charge in [-0.05, 0) is 55.6 Å². The van der Waals surface area contributed by atoms with Crippen LogP contribution in [0.2, 0.25) is 5.02 Å². The molecular weight excluding hydrogens is 430 g/mol. The first-order valence-electron chi connectivity index (χ1n) is 11.6. The van der Waals surface area contributed by atoms with Gasteiger partial charge in [-0.3, -0.25) is 14.3 Å². The van der Waals surface area contributed by atoms with Crippen LogP contribution < -0.4 is 5.56 Å². The molecule has 1 fully saturated rings. The summed E-state index contributed by atoms with van der Waals surface area (Å²) >= 11 is 6.25. The van der Waals surface area contributed by atoms with E-state index in [1.807, 2.05) is 28.8 Å². The molecule has 1 aliphatic rings. The van der Waals surface area contributed by atoms with E-state index < -0.39 is 0 Å². The van der Waals surface area contributed by atoms with E-state index in [1.54, 1.807) is 12.1 Å². The number of fused-ring (bicyclic) bond motifs is 1. The van der Waals surface area contributed by atoms with Crippen LogP contribution in [0, 0.1) is 6.92 Å². The Morgan fingerprint density at radius 1 is 0.970 bits per heavy atom. The van der Waals surface area contributed by atoms with Gasteiger partial charge in [0.1, 0.15) is 5.82 Å². The van der Waals surface area contributed by atoms with Gasteiger partial charge in [0.2, 0.25) is 0 Å². The third-order valence-electron chi connectivity index (χ3n) is 6.53. The van der Waals surface area contributed by atoms with E-state index in [-0.39, 0.29) is 11.5 Å². The molecule has 0 saturated carbocycles. The molecule has 0 spiro atoms. The van der Waals surface area contributed by atoms with Gasteiger partial charge < -0.3 is 0 Å². The average molecular weight is 458 g/mol. The summed E-state index contributed by atoms with van der Waals surface area (Å²) in [5.74, 6) is 1.07. The molecule has 4 nitrogen and oxygen atoms in total. The molecule has 1 aromatic heterocycles. The quantitative estimate of drug-likeness (QED) is 0.381. The zero-order valence-electron chi connectivity index (χ0n) is 18.9. The van der Waals surface area contributed by atoms with Crippen LogP contribution in [0.4, 0.5) is 0 Å². The minimum atomic E-state index is 0.00572. The maximum Gasteiger partial charge on any atom is 0.261 e. The first kappa shape index (κ1) is 21.9. The Bertz CT molecular complexity index is 1320. The Hall–Kier alpha value is -2.95. The van der Waals surface area contributed by atoms with Crippen LogP contribution in [-0.2, 0) is 13.1 Å². The molecule has 0 amide bonds. The van der Waals surface area contributed by atoms with E-state index >= 15 is 0 Å². The number of piperidine rings is 1. The molecule has 1 aliphatic heterocycles. The molecular formula is C28H28ClN3O. The SMILES string of the molecule is Cc1ccc(CN2CCCC(c3nc4cc(Cl)ccc4c(=O)n3Cc3ccccc3)C2)cc1. The van der Waals surface area contributed by atoms with E-state index in [2.05, 4.69) is 48.2 Å². The van der Waals surface area contributed by atoms with Gasteiger partial charge in [-0.25, -0.2) is 4.98 Å². The molecule has 4 aromatic rings. The largest absolute Gasteiger partial charge is 0.298 e. The molecule has 168 valence electrons. The van der Waals surface area contributed by atoms with Crippen molar-refractivity contribution in [1.82, 2.24) is 14.5 Å². The van der Waals surface area contributed by atoms with Gasteiger partial charge >= 0.3 is 0 Å². The van der Waals surface area contributed by atoms with E-state index in [0.717, 1.165) is 43.9 Å². The molecule has 1 saturated heterocycles. The highest BCUT2D eigenvalue weighted by atomic mass is 35.5. The number of aryl methyl sites for hydroxylation is 1. The molecule has 0 radical (unpaired) electrons. The maximum absolute atomic E-state index is 13.6. The van der Waals surface area contributed by atoms with Gasteiger partial charge in [-0.1, -0.05) is 71.8 Å². The van der Waals surface area contributed by atoms with Crippen LogP contribution in [0.15, 0.2) is 77.6 Å². The summed E-state index contributed by atoms with van der Waals surface area (Å²) in [6.45, 7) is 5.51. The van der Waals surface area contributed by atoms with Gasteiger partial charge in [0, 0.05) is 24.0 Å². The highest BCUT2D eigenvalue weighted by Gasteiger charge is 2.26. The number of hydrogen-bond donors (Lipinski definition) is 0. The van der Waals surface area contributed by atoms with E-state index in [0.29, 0.717) is 22.5 Å². The van der Waals surface area contributed by atoms with Gasteiger partial charge in [0.25, 0.3) is 5.56 Å². The highest BCUT2D eigenvalue weighted by Crippen LogP contribution is 2.28. The summed E-state index contributed by atoms with van der Waals surface area (Å²) in [5, 5.41) is 1.22. The van der Waals surface area contributed by atoms with Crippen molar-refractivity contribution < 1.29 is 0 Å². The smallest absolute Gasteiger partial charge is 0.261 e. The summed E-state index contributed by atoms with van der Waals surface area (Å²) in [6, 6.07) is 24.3. The van der Waals surface area contributed by atoms with Crippen molar-refractivity contribution in [3.8, 4) is 0 Å². The highest BCUT2D eigenvalue weighted by molar-refractivity contribution is 6.31. The third kappa shape index (κ3) is 4.87. The molecule has 33 heavy (non-hydrogen) atoms. The van der Waals surface area contributed by atoms with Crippen LogP contribution in [0.5, 0.6) is 0 Å². The Morgan fingerprint density at radius 3 is 2.52 bits per heavy atom. The standard InChI is InChI=1S/C28H28ClN3O/c1-20-9-11-22(12-10-20)17-31-15-5-8-23(19-31)27-30-26-16-24(29)13-14-25(26)28(33)32(27)18-21-6-3-2-4-7-21/h2-4,6-7,9-14,16,23H,5,8,15,17-19H2,1H3. The molecule has 0 N–H and O–H groups in total. The zero-order chi connectivity index (χ0) is 22.8. The average Bonchev–Trinajstić information content (AvgIpc) is 2.83. The summed E-state index contributed by atoms with van der Waals surface area (Å²) in [6.07, 6.45) is 2.11. The normalized spacial score (nSPS) is 16.8. The lowest BCUT2D eigenvalue weighted by Crippen LogP contribution is -2.37. The number of nitrogens with zero attached hydrogens (tertiary/aromatic N) is 3. The molecule has 2 heterocycles. The van der Waals surface area contributed by atoms with Crippen molar-refractivity contribution in [1.29, 1.82) is 0 Å². The maximum atomic E-state index is 13.6. The fourth-order valence-electron chi connectivity index (χ4n) is 4.80. The number of rotatable bonds is 5. The number of benzene rings is 3. The van der Waals surface area contributed by atoms with Crippen LogP contribution in [0.25, 0.3) is 10.9 Å². The Labute approximate surface area is 199 Å². The van der Waals surface area contributed by atoms with Crippen molar-refractivity contribution in [3.05, 3.63) is 111 Å². The number of likely N-dealkylation sites (tertiary alicyclic amines) is 1. The molecule has 5 rings (SSSR count). The van der Waals surface area contributed by atoms with Crippen LogP contribution in [0.1, 0.15) is 41.3 Å². The summed E-state index contributed by atoms with van der Waals surface area (Å²) in [5.41, 5.74) is 4.39. The second-order valence-electron chi connectivity index (χ2n) is 9.07.